The molecule has 1 atom stereocenters. The van der Waals surface area contributed by atoms with Crippen LogP contribution in [0.4, 0.5) is 13.2 Å². The SMILES string of the molecule is Cc1ncsc1-c1nc2ccccc2n1CC(=O)N1CCn2ncc(-c3cn([C@@H](C)c4c(F)cc(F)cc4F)nn3)c2C1. The molecule has 1 aliphatic rings. The number of amides is 1. The van der Waals surface area contributed by atoms with Gasteiger partial charge in [0.05, 0.1) is 64.3 Å². The predicted octanol–water partition coefficient (Wildman–Crippen LogP) is 4.99. The molecule has 0 N–H and O–H groups in total. The van der Waals surface area contributed by atoms with Crippen LogP contribution >= 0.6 is 11.3 Å². The van der Waals surface area contributed by atoms with Gasteiger partial charge in [0.15, 0.2) is 5.82 Å². The summed E-state index contributed by atoms with van der Waals surface area (Å²) in [6.07, 6.45) is 3.21. The Labute approximate surface area is 247 Å². The van der Waals surface area contributed by atoms with E-state index in [4.69, 9.17) is 4.98 Å². The molecule has 5 heterocycles. The molecule has 1 aliphatic heterocycles. The van der Waals surface area contributed by atoms with Crippen LogP contribution in [0.3, 0.4) is 0 Å². The van der Waals surface area contributed by atoms with E-state index < -0.39 is 23.5 Å². The van der Waals surface area contributed by atoms with Crippen molar-refractivity contribution in [2.75, 3.05) is 6.54 Å². The number of thiazole rings is 1. The minimum Gasteiger partial charge on any atom is -0.333 e. The van der Waals surface area contributed by atoms with Gasteiger partial charge in [-0.15, -0.1) is 16.4 Å². The second-order valence-corrected chi connectivity index (χ2v) is 11.2. The molecule has 0 aliphatic carbocycles. The summed E-state index contributed by atoms with van der Waals surface area (Å²) in [5.74, 6) is -2.37. The minimum absolute atomic E-state index is 0.0792. The van der Waals surface area contributed by atoms with Crippen LogP contribution in [-0.2, 0) is 24.4 Å². The van der Waals surface area contributed by atoms with E-state index in [1.54, 1.807) is 29.7 Å². The largest absolute Gasteiger partial charge is 0.333 e. The van der Waals surface area contributed by atoms with Gasteiger partial charge >= 0.3 is 0 Å². The summed E-state index contributed by atoms with van der Waals surface area (Å²) in [4.78, 5) is 25.6. The molecule has 6 aromatic rings. The van der Waals surface area contributed by atoms with Crippen molar-refractivity contribution in [1.82, 2.24) is 44.2 Å². The Balaban J connectivity index is 1.15. The highest BCUT2D eigenvalue weighted by atomic mass is 32.1. The number of imidazole rings is 1. The Hall–Kier alpha value is -4.85. The van der Waals surface area contributed by atoms with Crippen LogP contribution in [0.2, 0.25) is 0 Å². The maximum atomic E-state index is 14.4. The quantitative estimate of drug-likeness (QED) is 0.266. The second kappa shape index (κ2) is 10.5. The number of benzene rings is 2. The van der Waals surface area contributed by atoms with Crippen LogP contribution in [0.25, 0.3) is 33.0 Å². The third-order valence-corrected chi connectivity index (χ3v) is 8.69. The molecule has 0 unspecified atom stereocenters. The first kappa shape index (κ1) is 27.0. The Kier molecular flexibility index (Phi) is 6.57. The van der Waals surface area contributed by atoms with Crippen molar-refractivity contribution in [3.8, 4) is 22.0 Å². The lowest BCUT2D eigenvalue weighted by atomic mass is 10.1. The number of rotatable bonds is 6. The lowest BCUT2D eigenvalue weighted by Crippen LogP contribution is -2.40. The van der Waals surface area contributed by atoms with Crippen LogP contribution in [0.1, 0.15) is 29.9 Å². The van der Waals surface area contributed by atoms with Gasteiger partial charge in [-0.2, -0.15) is 5.10 Å². The molecular formula is C29H24F3N9OS. The fourth-order valence-electron chi connectivity index (χ4n) is 5.51. The highest BCUT2D eigenvalue weighted by Gasteiger charge is 2.28. The number of halogens is 3. The number of para-hydroxylation sites is 2. The van der Waals surface area contributed by atoms with E-state index in [1.165, 1.54) is 16.0 Å². The lowest BCUT2D eigenvalue weighted by molar-refractivity contribution is -0.133. The van der Waals surface area contributed by atoms with Gasteiger partial charge in [-0.3, -0.25) is 9.48 Å². The summed E-state index contributed by atoms with van der Waals surface area (Å²) in [6, 6.07) is 8.12. The molecule has 0 saturated carbocycles. The first-order valence-electron chi connectivity index (χ1n) is 13.5. The molecule has 0 bridgehead atoms. The first-order chi connectivity index (χ1) is 20.8. The van der Waals surface area contributed by atoms with Crippen molar-refractivity contribution in [3.05, 3.63) is 88.7 Å². The zero-order valence-electron chi connectivity index (χ0n) is 23.1. The maximum Gasteiger partial charge on any atom is 0.243 e. The fraction of sp³-hybridized carbons (Fsp3) is 0.241. The molecule has 0 radical (unpaired) electrons. The monoisotopic (exact) mass is 603 g/mol. The minimum atomic E-state index is -1.00. The van der Waals surface area contributed by atoms with Crippen molar-refractivity contribution in [2.24, 2.45) is 0 Å². The van der Waals surface area contributed by atoms with Gasteiger partial charge in [-0.1, -0.05) is 17.3 Å². The molecular weight excluding hydrogens is 579 g/mol. The molecule has 7 rings (SSSR count). The Bertz CT molecular complexity index is 1990. The standard InChI is InChI=1S/C29H24F3N9OS/c1-16-28(43-15-33-16)29-35-22-5-3-4-6-24(22)39(29)14-26(42)38-7-8-40-25(13-38)19(11-34-40)23-12-41(37-36-23)17(2)27-20(31)9-18(30)10-21(27)32/h3-6,9-12,15,17H,7-8,13-14H2,1-2H3/t17-/m0/s1. The summed E-state index contributed by atoms with van der Waals surface area (Å²) >= 11 is 1.49. The summed E-state index contributed by atoms with van der Waals surface area (Å²) in [7, 11) is 0. The third-order valence-electron chi connectivity index (χ3n) is 7.76. The molecule has 2 aromatic carbocycles. The smallest absolute Gasteiger partial charge is 0.243 e. The summed E-state index contributed by atoms with van der Waals surface area (Å²) < 4.78 is 47.3. The average molecular weight is 604 g/mol. The van der Waals surface area contributed by atoms with Crippen molar-refractivity contribution in [3.63, 3.8) is 0 Å². The molecule has 4 aromatic heterocycles. The van der Waals surface area contributed by atoms with Crippen molar-refractivity contribution in [1.29, 1.82) is 0 Å². The van der Waals surface area contributed by atoms with Gasteiger partial charge in [0.2, 0.25) is 5.91 Å². The first-order valence-corrected chi connectivity index (χ1v) is 14.4. The fourth-order valence-corrected chi connectivity index (χ4v) is 6.31. The number of aryl methyl sites for hydroxylation is 1. The second-order valence-electron chi connectivity index (χ2n) is 10.4. The average Bonchev–Trinajstić information content (AvgIpc) is 3.78. The van der Waals surface area contributed by atoms with Gasteiger partial charge < -0.3 is 9.47 Å². The Morgan fingerprint density at radius 1 is 1.12 bits per heavy atom. The zero-order valence-corrected chi connectivity index (χ0v) is 23.9. The van der Waals surface area contributed by atoms with Gasteiger partial charge in [-0.25, -0.2) is 27.8 Å². The number of carbonyl (C=O) groups is 1. The van der Waals surface area contributed by atoms with Crippen molar-refractivity contribution in [2.45, 2.75) is 39.5 Å². The van der Waals surface area contributed by atoms with Crippen LogP contribution in [0.15, 0.2) is 54.3 Å². The van der Waals surface area contributed by atoms with E-state index in [2.05, 4.69) is 20.4 Å². The topological polar surface area (TPSA) is 99.6 Å². The van der Waals surface area contributed by atoms with Crippen LogP contribution in [0, 0.1) is 24.4 Å². The van der Waals surface area contributed by atoms with Gasteiger partial charge in [0.25, 0.3) is 0 Å². The molecule has 0 fully saturated rings. The van der Waals surface area contributed by atoms with Crippen molar-refractivity contribution < 1.29 is 18.0 Å². The van der Waals surface area contributed by atoms with Gasteiger partial charge in [-0.05, 0) is 26.0 Å². The molecule has 0 spiro atoms. The van der Waals surface area contributed by atoms with Gasteiger partial charge in [0.1, 0.15) is 29.7 Å². The molecule has 218 valence electrons. The Morgan fingerprint density at radius 2 is 1.91 bits per heavy atom. The third kappa shape index (κ3) is 4.67. The highest BCUT2D eigenvalue weighted by molar-refractivity contribution is 7.13. The van der Waals surface area contributed by atoms with E-state index in [9.17, 15) is 18.0 Å². The normalized spacial score (nSPS) is 13.9. The molecule has 14 heteroatoms. The van der Waals surface area contributed by atoms with E-state index in [-0.39, 0.29) is 18.0 Å². The van der Waals surface area contributed by atoms with Gasteiger partial charge in [0, 0.05) is 29.8 Å². The van der Waals surface area contributed by atoms with E-state index in [0.717, 1.165) is 27.3 Å². The number of hydrogen-bond acceptors (Lipinski definition) is 7. The molecule has 0 saturated heterocycles. The number of nitrogens with zero attached hydrogens (tertiary/aromatic N) is 9. The number of hydrogen-bond donors (Lipinski definition) is 0. The van der Waals surface area contributed by atoms with Crippen molar-refractivity contribution >= 4 is 28.3 Å². The van der Waals surface area contributed by atoms with Crippen LogP contribution in [-0.4, -0.2) is 56.7 Å². The van der Waals surface area contributed by atoms with E-state index in [1.807, 2.05) is 40.4 Å². The van der Waals surface area contributed by atoms with Crippen LogP contribution in [0.5, 0.6) is 0 Å². The maximum absolute atomic E-state index is 14.4. The van der Waals surface area contributed by atoms with Crippen LogP contribution < -0.4 is 0 Å². The van der Waals surface area contributed by atoms with E-state index in [0.29, 0.717) is 48.8 Å². The Morgan fingerprint density at radius 3 is 2.67 bits per heavy atom. The highest BCUT2D eigenvalue weighted by Crippen LogP contribution is 2.32. The number of fused-ring (bicyclic) bond motifs is 2. The summed E-state index contributed by atoms with van der Waals surface area (Å²) in [6.45, 7) is 4.82. The number of aromatic nitrogens is 8. The van der Waals surface area contributed by atoms with E-state index >= 15 is 0 Å². The summed E-state index contributed by atoms with van der Waals surface area (Å²) in [5, 5.41) is 12.8. The predicted molar refractivity (Wildman–Crippen MR) is 152 cm³/mol. The molecule has 10 nitrogen and oxygen atoms in total. The molecule has 43 heavy (non-hydrogen) atoms. The zero-order chi connectivity index (χ0) is 29.8. The number of carbonyl (C=O) groups excluding carboxylic acids is 1. The summed E-state index contributed by atoms with van der Waals surface area (Å²) in [5.41, 5.74) is 5.84. The molecule has 1 amide bonds. The lowest BCUT2D eigenvalue weighted by Gasteiger charge is -2.28.